The fourth-order valence-electron chi connectivity index (χ4n) is 2.93. The van der Waals surface area contributed by atoms with Crippen molar-refractivity contribution in [3.8, 4) is 22.5 Å². The molecule has 0 N–H and O–H groups in total. The third-order valence-corrected chi connectivity index (χ3v) is 4.28. The van der Waals surface area contributed by atoms with Crippen molar-refractivity contribution in [1.29, 1.82) is 0 Å². The number of fused-ring (bicyclic) bond motifs is 2. The van der Waals surface area contributed by atoms with Gasteiger partial charge < -0.3 is 0 Å². The predicted octanol–water partition coefficient (Wildman–Crippen LogP) is 4.70. The van der Waals surface area contributed by atoms with Gasteiger partial charge in [-0.2, -0.15) is 0 Å². The van der Waals surface area contributed by atoms with Gasteiger partial charge in [-0.15, -0.1) is 29.8 Å². The van der Waals surface area contributed by atoms with Gasteiger partial charge in [0, 0.05) is 43.9 Å². The summed E-state index contributed by atoms with van der Waals surface area (Å²) in [7, 11) is 0. The van der Waals surface area contributed by atoms with E-state index in [0.29, 0.717) is 0 Å². The van der Waals surface area contributed by atoms with Gasteiger partial charge in [0.15, 0.2) is 0 Å². The fourth-order valence-corrected chi connectivity index (χ4v) is 2.93. The molecule has 0 saturated heterocycles. The molecule has 0 fully saturated rings. The molecule has 0 saturated carbocycles. The third kappa shape index (κ3) is 3.35. The molecule has 0 aliphatic carbocycles. The average molecular weight is 526 g/mol. The molecule has 2 aromatic heterocycles. The maximum absolute atomic E-state index is 4.68. The van der Waals surface area contributed by atoms with Gasteiger partial charge in [-0.3, -0.25) is 19.9 Å². The molecule has 0 unspecified atom stereocenters. The van der Waals surface area contributed by atoms with E-state index in [1.807, 2.05) is 66.7 Å². The molecular weight excluding hydrogens is 512 g/mol. The summed E-state index contributed by atoms with van der Waals surface area (Å²) in [6, 6.07) is 24.9. The van der Waals surface area contributed by atoms with Gasteiger partial charge in [-0.25, -0.2) is 0 Å². The first-order valence-corrected chi connectivity index (χ1v) is 8.33. The van der Waals surface area contributed by atoms with E-state index in [2.05, 4.69) is 26.0 Å². The first-order chi connectivity index (χ1) is 12.9. The number of hydrogen-bond donors (Lipinski definition) is 0. The largest absolute Gasteiger partial charge is 0.293 e. The quantitative estimate of drug-likeness (QED) is 0.314. The Bertz CT molecular complexity index is 1140. The number of benzene rings is 3. The Morgan fingerprint density at radius 2 is 1.15 bits per heavy atom. The van der Waals surface area contributed by atoms with E-state index < -0.39 is 0 Å². The summed E-state index contributed by atoms with van der Waals surface area (Å²) >= 11 is 0. The summed E-state index contributed by atoms with van der Waals surface area (Å²) < 4.78 is 0. The molecule has 2 heterocycles. The number of hydrogen-bond acceptors (Lipinski definition) is 4. The number of nitrogens with zero attached hydrogens (tertiary/aromatic N) is 4. The van der Waals surface area contributed by atoms with Crippen LogP contribution in [-0.4, -0.2) is 19.9 Å². The first-order valence-electron chi connectivity index (χ1n) is 8.33. The molecule has 0 atom stereocenters. The maximum Gasteiger partial charge on any atom is 0.0886 e. The summed E-state index contributed by atoms with van der Waals surface area (Å²) in [5, 5.41) is 0. The summed E-state index contributed by atoms with van der Waals surface area (Å²) in [4.78, 5) is 18.3. The van der Waals surface area contributed by atoms with Gasteiger partial charge >= 0.3 is 0 Å². The van der Waals surface area contributed by atoms with Crippen LogP contribution in [0.4, 0.5) is 0 Å². The van der Waals surface area contributed by atoms with Gasteiger partial charge in [0.2, 0.25) is 0 Å². The second kappa shape index (κ2) is 7.31. The molecule has 4 nitrogen and oxygen atoms in total. The number of para-hydroxylation sites is 4. The van der Waals surface area contributed by atoms with Crippen molar-refractivity contribution in [2.45, 2.75) is 0 Å². The van der Waals surface area contributed by atoms with Crippen LogP contribution in [0.25, 0.3) is 44.6 Å². The Morgan fingerprint density at radius 1 is 0.593 bits per heavy atom. The Hall–Kier alpha value is -3.01. The maximum atomic E-state index is 4.68. The van der Waals surface area contributed by atoms with E-state index in [9.17, 15) is 0 Å². The molecule has 5 rings (SSSR count). The molecule has 0 aliphatic heterocycles. The standard InChI is InChI=1S/C22H13N4.Ir/c1-3-7-19-17(5-1)23-13-21(25-19)15-9-11-16(12-10-15)22-14-24-18-6-2-4-8-20(18)26-22;/h1-11,13-14H;/q-1;. The van der Waals surface area contributed by atoms with E-state index in [-0.39, 0.29) is 20.1 Å². The molecule has 0 aliphatic rings. The molecule has 0 amide bonds. The Labute approximate surface area is 169 Å². The minimum absolute atomic E-state index is 0. The van der Waals surface area contributed by atoms with Gasteiger partial charge in [-0.1, -0.05) is 29.8 Å². The van der Waals surface area contributed by atoms with Crippen molar-refractivity contribution in [3.63, 3.8) is 0 Å². The van der Waals surface area contributed by atoms with E-state index in [1.165, 1.54) is 0 Å². The van der Waals surface area contributed by atoms with Crippen molar-refractivity contribution in [2.24, 2.45) is 0 Å². The van der Waals surface area contributed by atoms with Crippen molar-refractivity contribution < 1.29 is 20.1 Å². The zero-order valence-corrected chi connectivity index (χ0v) is 16.5. The summed E-state index contributed by atoms with van der Waals surface area (Å²) in [5.41, 5.74) is 7.05. The van der Waals surface area contributed by atoms with Gasteiger partial charge in [0.1, 0.15) is 0 Å². The Balaban J connectivity index is 0.00000180. The molecule has 1 radical (unpaired) electrons. The topological polar surface area (TPSA) is 51.6 Å². The van der Waals surface area contributed by atoms with Crippen LogP contribution in [0.2, 0.25) is 0 Å². The second-order valence-electron chi connectivity index (χ2n) is 5.98. The van der Waals surface area contributed by atoms with E-state index in [0.717, 1.165) is 44.6 Å². The van der Waals surface area contributed by atoms with Crippen LogP contribution in [0.3, 0.4) is 0 Å². The second-order valence-corrected chi connectivity index (χ2v) is 5.98. The molecule has 5 aromatic rings. The fraction of sp³-hybridized carbons (Fsp3) is 0. The molecule has 0 spiro atoms. The van der Waals surface area contributed by atoms with Crippen LogP contribution in [0.1, 0.15) is 0 Å². The van der Waals surface area contributed by atoms with Gasteiger partial charge in [0.25, 0.3) is 0 Å². The first kappa shape index (κ1) is 17.4. The van der Waals surface area contributed by atoms with Crippen molar-refractivity contribution >= 4 is 22.1 Å². The number of rotatable bonds is 2. The monoisotopic (exact) mass is 526 g/mol. The summed E-state index contributed by atoms with van der Waals surface area (Å²) in [5.74, 6) is 0. The predicted molar refractivity (Wildman–Crippen MR) is 102 cm³/mol. The van der Waals surface area contributed by atoms with Crippen LogP contribution < -0.4 is 0 Å². The third-order valence-electron chi connectivity index (χ3n) is 4.28. The average Bonchev–Trinajstić information content (AvgIpc) is 2.73. The van der Waals surface area contributed by atoms with Gasteiger partial charge in [0.05, 0.1) is 22.1 Å². The van der Waals surface area contributed by atoms with Crippen LogP contribution in [0.5, 0.6) is 0 Å². The van der Waals surface area contributed by atoms with Crippen LogP contribution in [0.15, 0.2) is 79.1 Å². The molecule has 3 aromatic carbocycles. The smallest absolute Gasteiger partial charge is 0.0886 e. The molecule has 5 heteroatoms. The molecular formula is C22H13IrN4-. The van der Waals surface area contributed by atoms with E-state index >= 15 is 0 Å². The van der Waals surface area contributed by atoms with E-state index in [4.69, 9.17) is 0 Å². The number of aromatic nitrogens is 4. The SMILES string of the molecule is [Ir].[c-]1cc(-c2cnc3ccccc3n2)ccc1-c1cnc2ccccc2n1. The Morgan fingerprint density at radius 3 is 1.74 bits per heavy atom. The zero-order valence-electron chi connectivity index (χ0n) is 14.1. The normalized spacial score (nSPS) is 10.7. The van der Waals surface area contributed by atoms with Crippen LogP contribution >= 0.6 is 0 Å². The van der Waals surface area contributed by atoms with Crippen molar-refractivity contribution in [2.75, 3.05) is 0 Å². The van der Waals surface area contributed by atoms with Crippen molar-refractivity contribution in [3.05, 3.63) is 85.2 Å². The van der Waals surface area contributed by atoms with Crippen LogP contribution in [-0.2, 0) is 20.1 Å². The minimum atomic E-state index is 0. The molecule has 0 bridgehead atoms. The summed E-state index contributed by atoms with van der Waals surface area (Å²) in [6.07, 6.45) is 3.57. The zero-order chi connectivity index (χ0) is 17.3. The molecule has 131 valence electrons. The minimum Gasteiger partial charge on any atom is -0.293 e. The van der Waals surface area contributed by atoms with Gasteiger partial charge in [-0.05, 0) is 24.3 Å². The summed E-state index contributed by atoms with van der Waals surface area (Å²) in [6.45, 7) is 0. The Kier molecular flexibility index (Phi) is 4.71. The van der Waals surface area contributed by atoms with Crippen molar-refractivity contribution in [1.82, 2.24) is 19.9 Å². The van der Waals surface area contributed by atoms with E-state index in [1.54, 1.807) is 12.4 Å². The molecule has 27 heavy (non-hydrogen) atoms. The van der Waals surface area contributed by atoms with Crippen LogP contribution in [0, 0.1) is 6.07 Å².